The van der Waals surface area contributed by atoms with Gasteiger partial charge in [-0.1, -0.05) is 69.7 Å². The first-order valence-electron chi connectivity index (χ1n) is 21.1. The number of aliphatic hydroxyl groups excluding tert-OH is 2. The van der Waals surface area contributed by atoms with Crippen LogP contribution in [0.25, 0.3) is 0 Å². The van der Waals surface area contributed by atoms with E-state index in [1.807, 2.05) is 0 Å². The molecule has 0 radical (unpaired) electrons. The van der Waals surface area contributed by atoms with Crippen molar-refractivity contribution in [2.75, 3.05) is 13.2 Å². The minimum absolute atomic E-state index is 0.0767. The van der Waals surface area contributed by atoms with E-state index in [0.29, 0.717) is 24.0 Å². The Hall–Kier alpha value is -7.14. The molecule has 0 fully saturated rings. The number of aliphatic carboxylic acids is 2. The Morgan fingerprint density at radius 2 is 1.02 bits per heavy atom. The minimum atomic E-state index is -1.87. The first kappa shape index (κ1) is 55.0. The van der Waals surface area contributed by atoms with E-state index in [9.17, 15) is 73.5 Å². The molecule has 66 heavy (non-hydrogen) atoms. The van der Waals surface area contributed by atoms with Crippen LogP contribution in [0.3, 0.4) is 0 Å². The Labute approximate surface area is 380 Å². The Morgan fingerprint density at radius 1 is 0.561 bits per heavy atom. The molecular formula is C43H60N8O15. The Bertz CT molecular complexity index is 2000. The lowest BCUT2D eigenvalue weighted by Gasteiger charge is -2.29. The third kappa shape index (κ3) is 18.9. The summed E-state index contributed by atoms with van der Waals surface area (Å²) in [7, 11) is 0. The van der Waals surface area contributed by atoms with E-state index in [1.165, 1.54) is 24.3 Å². The van der Waals surface area contributed by atoms with Gasteiger partial charge in [0.1, 0.15) is 48.0 Å². The summed E-state index contributed by atoms with van der Waals surface area (Å²) < 4.78 is 0. The standard InChI is InChI=1S/C43H60N8O15/c1-4-9-34(56)45-31(21-52)41(63)51-36(23(3)5-2)42(64)48-29(18-24-10-7-6-8-11-24)38(60)46-27(16-17-35(57)58)37(59)50-32(22-53)40(62)47-28(19-25-12-14-26(54)15-13-25)39(61)49-30(43(65)66)20-33(44)55/h6-8,10-15,23,27-32,36,52-54H,4-5,9,16-22H2,1-3H3,(H2,44,55)(H,45,56)(H,46,60)(H,47,62)(H,48,64)(H,49,61)(H,50,59)(H,51,63)(H,57,58)(H,65,66). The van der Waals surface area contributed by atoms with Gasteiger partial charge in [-0.3, -0.25) is 43.2 Å². The lowest BCUT2D eigenvalue weighted by molar-refractivity contribution is -0.144. The van der Waals surface area contributed by atoms with E-state index >= 15 is 0 Å². The number of nitrogens with two attached hydrogens (primary N) is 1. The Kier molecular flexibility index (Phi) is 23.3. The van der Waals surface area contributed by atoms with Gasteiger partial charge in [-0.05, 0) is 42.0 Å². The molecule has 0 aliphatic carbocycles. The molecule has 0 bridgehead atoms. The molecule has 8 atom stereocenters. The molecule has 8 amide bonds. The molecule has 14 N–H and O–H groups in total. The van der Waals surface area contributed by atoms with Crippen LogP contribution in [0.5, 0.6) is 5.75 Å². The number of carboxylic acids is 2. The quantitative estimate of drug-likeness (QED) is 0.0393. The van der Waals surface area contributed by atoms with Gasteiger partial charge in [-0.2, -0.15) is 0 Å². The van der Waals surface area contributed by atoms with Crippen LogP contribution in [0.4, 0.5) is 0 Å². The number of rotatable bonds is 29. The molecule has 0 saturated carbocycles. The first-order chi connectivity index (χ1) is 31.2. The van der Waals surface area contributed by atoms with Gasteiger partial charge in [0.2, 0.25) is 47.3 Å². The average molecular weight is 929 g/mol. The summed E-state index contributed by atoms with van der Waals surface area (Å²) in [6, 6.07) is 2.38. The molecular weight excluding hydrogens is 869 g/mol. The molecule has 8 unspecified atom stereocenters. The number of phenolic OH excluding ortho intramolecular Hbond substituents is 1. The van der Waals surface area contributed by atoms with Crippen molar-refractivity contribution < 1.29 is 73.5 Å². The van der Waals surface area contributed by atoms with E-state index in [0.717, 1.165) is 0 Å². The molecule has 2 aromatic carbocycles. The number of carbonyl (C=O) groups is 10. The molecule has 0 spiro atoms. The number of aromatic hydroxyl groups is 1. The van der Waals surface area contributed by atoms with Gasteiger partial charge in [0.25, 0.3) is 0 Å². The average Bonchev–Trinajstić information content (AvgIpc) is 3.27. The van der Waals surface area contributed by atoms with Crippen molar-refractivity contribution in [3.63, 3.8) is 0 Å². The summed E-state index contributed by atoms with van der Waals surface area (Å²) in [4.78, 5) is 129. The van der Waals surface area contributed by atoms with Gasteiger partial charge in [0.05, 0.1) is 19.6 Å². The van der Waals surface area contributed by atoms with Gasteiger partial charge in [0.15, 0.2) is 0 Å². The molecule has 23 heteroatoms. The van der Waals surface area contributed by atoms with Crippen molar-refractivity contribution in [1.29, 1.82) is 0 Å². The number of aliphatic hydroxyl groups is 2. The van der Waals surface area contributed by atoms with Crippen LogP contribution in [0, 0.1) is 5.92 Å². The largest absolute Gasteiger partial charge is 0.508 e. The van der Waals surface area contributed by atoms with Crippen molar-refractivity contribution in [2.45, 2.75) is 114 Å². The zero-order valence-electron chi connectivity index (χ0n) is 36.8. The molecule has 0 aliphatic rings. The fourth-order valence-corrected chi connectivity index (χ4v) is 6.26. The molecule has 0 heterocycles. The number of hydrogen-bond donors (Lipinski definition) is 13. The van der Waals surface area contributed by atoms with Crippen molar-refractivity contribution >= 4 is 59.2 Å². The highest BCUT2D eigenvalue weighted by atomic mass is 16.4. The third-order valence-corrected chi connectivity index (χ3v) is 10.1. The van der Waals surface area contributed by atoms with Gasteiger partial charge in [-0.25, -0.2) is 4.79 Å². The number of nitrogens with one attached hydrogen (secondary N) is 7. The van der Waals surface area contributed by atoms with E-state index < -0.39 is 140 Å². The maximum Gasteiger partial charge on any atom is 0.326 e. The number of phenols is 1. The summed E-state index contributed by atoms with van der Waals surface area (Å²) in [5.74, 6) is -11.5. The maximum absolute atomic E-state index is 14.1. The van der Waals surface area contributed by atoms with E-state index in [1.54, 1.807) is 51.1 Å². The monoisotopic (exact) mass is 928 g/mol. The molecule has 0 aliphatic heterocycles. The third-order valence-electron chi connectivity index (χ3n) is 10.1. The van der Waals surface area contributed by atoms with Crippen LogP contribution in [-0.2, 0) is 60.8 Å². The second kappa shape index (κ2) is 27.9. The highest BCUT2D eigenvalue weighted by Crippen LogP contribution is 2.14. The van der Waals surface area contributed by atoms with Gasteiger partial charge >= 0.3 is 11.9 Å². The Morgan fingerprint density at radius 3 is 1.52 bits per heavy atom. The normalized spacial score (nSPS) is 14.5. The fourth-order valence-electron chi connectivity index (χ4n) is 6.26. The molecule has 2 rings (SSSR count). The van der Waals surface area contributed by atoms with Crippen molar-refractivity contribution in [3.8, 4) is 5.75 Å². The number of hydrogen-bond acceptors (Lipinski definition) is 13. The Balaban J connectivity index is 2.42. The number of primary amides is 1. The lowest BCUT2D eigenvalue weighted by Crippen LogP contribution is -2.61. The lowest BCUT2D eigenvalue weighted by atomic mass is 9.96. The predicted octanol–water partition coefficient (Wildman–Crippen LogP) is -2.77. The highest BCUT2D eigenvalue weighted by Gasteiger charge is 2.35. The van der Waals surface area contributed by atoms with Crippen LogP contribution < -0.4 is 43.0 Å². The van der Waals surface area contributed by atoms with Crippen LogP contribution in [-0.4, -0.2) is 140 Å². The van der Waals surface area contributed by atoms with Crippen molar-refractivity contribution in [2.24, 2.45) is 11.7 Å². The zero-order valence-corrected chi connectivity index (χ0v) is 36.8. The molecule has 0 saturated heterocycles. The SMILES string of the molecule is CCCC(=O)NC(CO)C(=O)NC(C(=O)NC(Cc1ccccc1)C(=O)NC(CCC(=O)O)C(=O)NC(CO)C(=O)NC(Cc1ccc(O)cc1)C(=O)NC(CC(N)=O)C(=O)O)C(C)CC. The second-order valence-corrected chi connectivity index (χ2v) is 15.4. The van der Waals surface area contributed by atoms with Gasteiger partial charge < -0.3 is 68.5 Å². The topological polar surface area (TPSA) is 382 Å². The molecule has 0 aromatic heterocycles. The number of carboxylic acid groups (broad SMARTS) is 2. The number of benzene rings is 2. The van der Waals surface area contributed by atoms with Crippen LogP contribution in [0.1, 0.15) is 70.4 Å². The summed E-state index contributed by atoms with van der Waals surface area (Å²) in [5.41, 5.74) is 5.99. The number of amides is 8. The smallest absolute Gasteiger partial charge is 0.326 e. The summed E-state index contributed by atoms with van der Waals surface area (Å²) in [6.07, 6.45) is -1.71. The summed E-state index contributed by atoms with van der Waals surface area (Å²) in [5, 5.41) is 65.4. The molecule has 362 valence electrons. The van der Waals surface area contributed by atoms with E-state index in [2.05, 4.69) is 37.2 Å². The van der Waals surface area contributed by atoms with Gasteiger partial charge in [-0.15, -0.1) is 0 Å². The molecule has 23 nitrogen and oxygen atoms in total. The first-order valence-corrected chi connectivity index (χ1v) is 21.1. The van der Waals surface area contributed by atoms with E-state index in [-0.39, 0.29) is 25.0 Å². The van der Waals surface area contributed by atoms with E-state index in [4.69, 9.17) is 5.73 Å². The highest BCUT2D eigenvalue weighted by molar-refractivity contribution is 5.98. The minimum Gasteiger partial charge on any atom is -0.508 e. The summed E-state index contributed by atoms with van der Waals surface area (Å²) >= 11 is 0. The van der Waals surface area contributed by atoms with Crippen molar-refractivity contribution in [3.05, 3.63) is 65.7 Å². The van der Waals surface area contributed by atoms with Crippen LogP contribution in [0.15, 0.2) is 54.6 Å². The van der Waals surface area contributed by atoms with Crippen molar-refractivity contribution in [1.82, 2.24) is 37.2 Å². The fraction of sp³-hybridized carbons (Fsp3) is 0.488. The van der Waals surface area contributed by atoms with Crippen LogP contribution >= 0.6 is 0 Å². The molecule has 2 aromatic rings. The van der Waals surface area contributed by atoms with Crippen LogP contribution in [0.2, 0.25) is 0 Å². The zero-order chi connectivity index (χ0) is 49.5. The van der Waals surface area contributed by atoms with Gasteiger partial charge in [0, 0.05) is 25.7 Å². The number of carbonyl (C=O) groups excluding carboxylic acids is 8. The summed E-state index contributed by atoms with van der Waals surface area (Å²) in [6.45, 7) is 3.22. The second-order valence-electron chi connectivity index (χ2n) is 15.4. The predicted molar refractivity (Wildman–Crippen MR) is 232 cm³/mol. The maximum atomic E-state index is 14.1.